The summed E-state index contributed by atoms with van der Waals surface area (Å²) in [7, 11) is 1.58. The first-order valence-electron chi connectivity index (χ1n) is 10.1. The summed E-state index contributed by atoms with van der Waals surface area (Å²) < 4.78 is 16.9. The standard InChI is InChI=1S/C24H28O4/c1-3-4-5-6-7-8-15-27-19-11-9-18(10-12-19)24-17-22(25)21-16-20(26-2)13-14-23(21)28-24/h9-14,16-17H,3-8,15H2,1-2H3. The molecule has 2 aromatic carbocycles. The van der Waals surface area contributed by atoms with Crippen molar-refractivity contribution >= 4 is 11.0 Å². The van der Waals surface area contributed by atoms with Gasteiger partial charge in [-0.25, -0.2) is 0 Å². The van der Waals surface area contributed by atoms with Gasteiger partial charge in [-0.05, 0) is 48.9 Å². The molecule has 0 spiro atoms. The number of fused-ring (bicyclic) bond motifs is 1. The van der Waals surface area contributed by atoms with Gasteiger partial charge in [-0.1, -0.05) is 39.0 Å². The molecule has 0 atom stereocenters. The second kappa shape index (κ2) is 9.98. The summed E-state index contributed by atoms with van der Waals surface area (Å²) in [4.78, 5) is 12.4. The Bertz CT molecular complexity index is 941. The fourth-order valence-corrected chi connectivity index (χ4v) is 3.19. The average molecular weight is 380 g/mol. The predicted molar refractivity (Wildman–Crippen MR) is 113 cm³/mol. The van der Waals surface area contributed by atoms with Crippen molar-refractivity contribution in [2.24, 2.45) is 0 Å². The van der Waals surface area contributed by atoms with Gasteiger partial charge in [-0.3, -0.25) is 4.79 Å². The largest absolute Gasteiger partial charge is 0.497 e. The van der Waals surface area contributed by atoms with Crippen molar-refractivity contribution in [1.82, 2.24) is 0 Å². The van der Waals surface area contributed by atoms with E-state index in [1.54, 1.807) is 25.3 Å². The van der Waals surface area contributed by atoms with Crippen LogP contribution in [0.25, 0.3) is 22.3 Å². The molecule has 0 N–H and O–H groups in total. The maximum absolute atomic E-state index is 12.4. The SMILES string of the molecule is CCCCCCCCOc1ccc(-c2cc(=O)c3cc(OC)ccc3o2)cc1. The molecule has 0 aliphatic heterocycles. The van der Waals surface area contributed by atoms with Gasteiger partial charge in [0.1, 0.15) is 22.8 Å². The van der Waals surface area contributed by atoms with E-state index < -0.39 is 0 Å². The highest BCUT2D eigenvalue weighted by Gasteiger charge is 2.08. The molecule has 3 rings (SSSR count). The molecule has 0 radical (unpaired) electrons. The van der Waals surface area contributed by atoms with Crippen LogP contribution in [0.3, 0.4) is 0 Å². The van der Waals surface area contributed by atoms with Crippen LogP contribution in [0.5, 0.6) is 11.5 Å². The maximum Gasteiger partial charge on any atom is 0.193 e. The topological polar surface area (TPSA) is 48.7 Å². The van der Waals surface area contributed by atoms with Gasteiger partial charge in [-0.15, -0.1) is 0 Å². The molecule has 0 saturated carbocycles. The normalized spacial score (nSPS) is 10.9. The fraction of sp³-hybridized carbons (Fsp3) is 0.375. The molecule has 148 valence electrons. The Kier molecular flexibility index (Phi) is 7.12. The summed E-state index contributed by atoms with van der Waals surface area (Å²) in [6, 6.07) is 14.5. The number of unbranched alkanes of at least 4 members (excludes halogenated alkanes) is 5. The number of ether oxygens (including phenoxy) is 2. The molecule has 1 heterocycles. The summed E-state index contributed by atoms with van der Waals surface area (Å²) in [6.07, 6.45) is 7.48. The van der Waals surface area contributed by atoms with Crippen molar-refractivity contribution in [1.29, 1.82) is 0 Å². The Balaban J connectivity index is 1.62. The number of rotatable bonds is 10. The lowest BCUT2D eigenvalue weighted by atomic mass is 10.1. The first kappa shape index (κ1) is 20.0. The van der Waals surface area contributed by atoms with Crippen molar-refractivity contribution in [2.45, 2.75) is 45.4 Å². The second-order valence-corrected chi connectivity index (χ2v) is 6.98. The molecule has 0 aliphatic rings. The minimum Gasteiger partial charge on any atom is -0.497 e. The minimum absolute atomic E-state index is 0.0847. The van der Waals surface area contributed by atoms with Crippen LogP contribution in [0, 0.1) is 0 Å². The van der Waals surface area contributed by atoms with E-state index in [1.165, 1.54) is 38.2 Å². The first-order valence-corrected chi connectivity index (χ1v) is 10.1. The molecule has 0 fully saturated rings. The molecule has 0 amide bonds. The predicted octanol–water partition coefficient (Wildman–Crippen LogP) is 6.21. The molecule has 28 heavy (non-hydrogen) atoms. The summed E-state index contributed by atoms with van der Waals surface area (Å²) in [5.41, 5.74) is 1.31. The highest BCUT2D eigenvalue weighted by Crippen LogP contribution is 2.26. The molecule has 4 nitrogen and oxygen atoms in total. The lowest BCUT2D eigenvalue weighted by molar-refractivity contribution is 0.304. The van der Waals surface area contributed by atoms with Gasteiger partial charge in [0.05, 0.1) is 19.1 Å². The number of benzene rings is 2. The Morgan fingerprint density at radius 3 is 2.32 bits per heavy atom. The van der Waals surface area contributed by atoms with Crippen LogP contribution in [-0.2, 0) is 0 Å². The Morgan fingerprint density at radius 1 is 0.857 bits per heavy atom. The van der Waals surface area contributed by atoms with Crippen LogP contribution >= 0.6 is 0 Å². The third-order valence-corrected chi connectivity index (χ3v) is 4.84. The second-order valence-electron chi connectivity index (χ2n) is 6.98. The van der Waals surface area contributed by atoms with Crippen LogP contribution in [0.15, 0.2) is 57.7 Å². The van der Waals surface area contributed by atoms with Crippen molar-refractivity contribution in [3.63, 3.8) is 0 Å². The van der Waals surface area contributed by atoms with Crippen molar-refractivity contribution in [2.75, 3.05) is 13.7 Å². The molecule has 0 saturated heterocycles. The zero-order chi connectivity index (χ0) is 19.8. The van der Waals surface area contributed by atoms with E-state index >= 15 is 0 Å². The molecular weight excluding hydrogens is 352 g/mol. The summed E-state index contributed by atoms with van der Waals surface area (Å²) >= 11 is 0. The molecule has 4 heteroatoms. The third kappa shape index (κ3) is 5.16. The lowest BCUT2D eigenvalue weighted by Crippen LogP contribution is -2.01. The quantitative estimate of drug-likeness (QED) is 0.392. The van der Waals surface area contributed by atoms with E-state index in [9.17, 15) is 4.79 Å². The zero-order valence-electron chi connectivity index (χ0n) is 16.7. The Hall–Kier alpha value is -2.75. The van der Waals surface area contributed by atoms with Crippen LogP contribution < -0.4 is 14.9 Å². The average Bonchev–Trinajstić information content (AvgIpc) is 2.73. The monoisotopic (exact) mass is 380 g/mol. The zero-order valence-corrected chi connectivity index (χ0v) is 16.7. The van der Waals surface area contributed by atoms with Gasteiger partial charge in [0, 0.05) is 11.6 Å². The van der Waals surface area contributed by atoms with Gasteiger partial charge in [0.25, 0.3) is 0 Å². The number of methoxy groups -OCH3 is 1. The van der Waals surface area contributed by atoms with E-state index in [-0.39, 0.29) is 5.43 Å². The fourth-order valence-electron chi connectivity index (χ4n) is 3.19. The van der Waals surface area contributed by atoms with Crippen molar-refractivity contribution < 1.29 is 13.9 Å². The van der Waals surface area contributed by atoms with Gasteiger partial charge < -0.3 is 13.9 Å². The molecule has 3 aromatic rings. The Morgan fingerprint density at radius 2 is 1.57 bits per heavy atom. The van der Waals surface area contributed by atoms with Crippen molar-refractivity contribution in [3.8, 4) is 22.8 Å². The summed E-state index contributed by atoms with van der Waals surface area (Å²) in [5.74, 6) is 2.02. The van der Waals surface area contributed by atoms with Crippen LogP contribution in [0.4, 0.5) is 0 Å². The van der Waals surface area contributed by atoms with E-state index in [0.29, 0.717) is 22.5 Å². The molecule has 0 aliphatic carbocycles. The molecule has 0 bridgehead atoms. The van der Waals surface area contributed by atoms with Gasteiger partial charge in [-0.2, -0.15) is 0 Å². The first-order chi connectivity index (χ1) is 13.7. The smallest absolute Gasteiger partial charge is 0.193 e. The molecule has 1 aromatic heterocycles. The highest BCUT2D eigenvalue weighted by atomic mass is 16.5. The lowest BCUT2D eigenvalue weighted by Gasteiger charge is -2.08. The van der Waals surface area contributed by atoms with E-state index in [4.69, 9.17) is 13.9 Å². The Labute approximate surface area is 166 Å². The number of hydrogen-bond acceptors (Lipinski definition) is 4. The van der Waals surface area contributed by atoms with E-state index in [2.05, 4.69) is 6.92 Å². The van der Waals surface area contributed by atoms with E-state index in [1.807, 2.05) is 24.3 Å². The van der Waals surface area contributed by atoms with Crippen LogP contribution in [-0.4, -0.2) is 13.7 Å². The van der Waals surface area contributed by atoms with Gasteiger partial charge in [0.15, 0.2) is 5.43 Å². The third-order valence-electron chi connectivity index (χ3n) is 4.84. The van der Waals surface area contributed by atoms with Crippen LogP contribution in [0.1, 0.15) is 45.4 Å². The van der Waals surface area contributed by atoms with E-state index in [0.717, 1.165) is 24.3 Å². The molecular formula is C24H28O4. The van der Waals surface area contributed by atoms with Gasteiger partial charge in [0.2, 0.25) is 0 Å². The summed E-state index contributed by atoms with van der Waals surface area (Å²) in [6.45, 7) is 2.96. The maximum atomic E-state index is 12.4. The number of hydrogen-bond donors (Lipinski definition) is 0. The van der Waals surface area contributed by atoms with Gasteiger partial charge >= 0.3 is 0 Å². The van der Waals surface area contributed by atoms with Crippen LogP contribution in [0.2, 0.25) is 0 Å². The molecule has 0 unspecified atom stereocenters. The summed E-state index contributed by atoms with van der Waals surface area (Å²) in [5, 5.41) is 0.516. The van der Waals surface area contributed by atoms with Crippen molar-refractivity contribution in [3.05, 3.63) is 58.8 Å². The minimum atomic E-state index is -0.0847. The highest BCUT2D eigenvalue weighted by molar-refractivity contribution is 5.80.